The number of allylic oxidation sites excluding steroid dienone is 2. The number of hydrogen-bond donors (Lipinski definition) is 2. The molecule has 120 valence electrons. The Morgan fingerprint density at radius 1 is 0.818 bits per heavy atom. The minimum atomic E-state index is -0.887. The molecule has 2 nitrogen and oxygen atoms in total. The first-order valence-corrected chi connectivity index (χ1v) is 7.98. The molecule has 0 fully saturated rings. The molecule has 0 atom stereocenters. The third-order valence-electron chi connectivity index (χ3n) is 5.07. The van der Waals surface area contributed by atoms with Crippen LogP contribution in [-0.4, -0.2) is 5.66 Å². The fourth-order valence-electron chi connectivity index (χ4n) is 4.43. The molecule has 1 aliphatic rings. The zero-order chi connectivity index (χ0) is 16.8. The highest BCUT2D eigenvalue weighted by Crippen LogP contribution is 2.59. The Bertz CT molecular complexity index is 579. The molecule has 2 heteroatoms. The van der Waals surface area contributed by atoms with Crippen LogP contribution in [0.25, 0.3) is 5.57 Å². The Morgan fingerprint density at radius 3 is 1.77 bits per heavy atom. The number of benzene rings is 1. The average Bonchev–Trinajstić information content (AvgIpc) is 2.36. The Labute approximate surface area is 135 Å². The predicted octanol–water partition coefficient (Wildman–Crippen LogP) is 4.33. The summed E-state index contributed by atoms with van der Waals surface area (Å²) in [6, 6.07) is 10.4. The van der Waals surface area contributed by atoms with Crippen LogP contribution < -0.4 is 11.5 Å². The van der Waals surface area contributed by atoms with E-state index in [2.05, 4.69) is 78.0 Å². The third-order valence-corrected chi connectivity index (χ3v) is 5.07. The zero-order valence-electron chi connectivity index (χ0n) is 14.8. The first-order chi connectivity index (χ1) is 9.92. The van der Waals surface area contributed by atoms with Crippen molar-refractivity contribution < 1.29 is 0 Å². The van der Waals surface area contributed by atoms with Gasteiger partial charge in [0.15, 0.2) is 0 Å². The lowest BCUT2D eigenvalue weighted by Gasteiger charge is -2.60. The van der Waals surface area contributed by atoms with Crippen molar-refractivity contribution in [2.24, 2.45) is 27.7 Å². The second kappa shape index (κ2) is 5.07. The van der Waals surface area contributed by atoms with E-state index in [0.29, 0.717) is 0 Å². The Morgan fingerprint density at radius 2 is 1.32 bits per heavy atom. The van der Waals surface area contributed by atoms with E-state index in [-0.39, 0.29) is 16.2 Å². The first-order valence-electron chi connectivity index (χ1n) is 7.98. The van der Waals surface area contributed by atoms with Crippen LogP contribution >= 0.6 is 0 Å². The summed E-state index contributed by atoms with van der Waals surface area (Å²) in [5.74, 6) is 0. The van der Waals surface area contributed by atoms with E-state index in [0.717, 1.165) is 0 Å². The topological polar surface area (TPSA) is 52.0 Å². The second-order valence-electron chi connectivity index (χ2n) is 8.54. The second-order valence-corrected chi connectivity index (χ2v) is 8.54. The molecule has 0 saturated carbocycles. The van der Waals surface area contributed by atoms with E-state index in [9.17, 15) is 0 Å². The highest BCUT2D eigenvalue weighted by molar-refractivity contribution is 5.77. The average molecular weight is 298 g/mol. The lowest BCUT2D eigenvalue weighted by molar-refractivity contribution is -0.0357. The lowest BCUT2D eigenvalue weighted by atomic mass is 9.47. The van der Waals surface area contributed by atoms with Crippen molar-refractivity contribution in [3.8, 4) is 0 Å². The van der Waals surface area contributed by atoms with Crippen molar-refractivity contribution in [1.29, 1.82) is 0 Å². The van der Waals surface area contributed by atoms with Gasteiger partial charge in [-0.25, -0.2) is 0 Å². The van der Waals surface area contributed by atoms with E-state index >= 15 is 0 Å². The molecule has 0 heterocycles. The summed E-state index contributed by atoms with van der Waals surface area (Å²) in [5, 5.41) is 0. The molecule has 22 heavy (non-hydrogen) atoms. The fraction of sp³-hybridized carbons (Fsp3) is 0.500. The zero-order valence-corrected chi connectivity index (χ0v) is 14.8. The number of nitrogens with two attached hydrogens (primary N) is 2. The molecule has 0 bridgehead atoms. The maximum absolute atomic E-state index is 6.62. The minimum Gasteiger partial charge on any atom is -0.309 e. The molecule has 2 rings (SSSR count). The molecule has 0 spiro atoms. The molecule has 0 amide bonds. The highest BCUT2D eigenvalue weighted by atomic mass is 15.0. The van der Waals surface area contributed by atoms with E-state index in [1.165, 1.54) is 11.1 Å². The maximum atomic E-state index is 6.62. The van der Waals surface area contributed by atoms with Gasteiger partial charge in [0.25, 0.3) is 0 Å². The summed E-state index contributed by atoms with van der Waals surface area (Å²) in [6.07, 6.45) is 6.35. The summed E-state index contributed by atoms with van der Waals surface area (Å²) in [6.45, 7) is 13.4. The van der Waals surface area contributed by atoms with Crippen LogP contribution in [0.2, 0.25) is 0 Å². The summed E-state index contributed by atoms with van der Waals surface area (Å²) in [4.78, 5) is 0. The molecule has 1 aromatic rings. The Kier molecular flexibility index (Phi) is 3.92. The Balaban J connectivity index is 2.73. The van der Waals surface area contributed by atoms with Gasteiger partial charge in [-0.3, -0.25) is 0 Å². The van der Waals surface area contributed by atoms with E-state index in [4.69, 9.17) is 11.5 Å². The van der Waals surface area contributed by atoms with E-state index in [1.54, 1.807) is 0 Å². The van der Waals surface area contributed by atoms with Crippen molar-refractivity contribution in [1.82, 2.24) is 0 Å². The quantitative estimate of drug-likeness (QED) is 0.758. The normalized spacial score (nSPS) is 20.6. The lowest BCUT2D eigenvalue weighted by Crippen LogP contribution is -2.70. The number of hydrogen-bond acceptors (Lipinski definition) is 2. The summed E-state index contributed by atoms with van der Waals surface area (Å²) >= 11 is 0. The van der Waals surface area contributed by atoms with Gasteiger partial charge in [-0.15, -0.1) is 0 Å². The maximum Gasteiger partial charge on any atom is 0.0935 e. The minimum absolute atomic E-state index is 0.0838. The van der Waals surface area contributed by atoms with Gasteiger partial charge in [-0.05, 0) is 28.0 Å². The van der Waals surface area contributed by atoms with Gasteiger partial charge in [0.05, 0.1) is 5.66 Å². The fourth-order valence-corrected chi connectivity index (χ4v) is 4.43. The molecule has 4 N–H and O–H groups in total. The van der Waals surface area contributed by atoms with Crippen LogP contribution in [0.3, 0.4) is 0 Å². The monoisotopic (exact) mass is 298 g/mol. The molecule has 0 saturated heterocycles. The first kappa shape index (κ1) is 17.0. The molecule has 1 aromatic carbocycles. The van der Waals surface area contributed by atoms with Gasteiger partial charge in [0.1, 0.15) is 0 Å². The van der Waals surface area contributed by atoms with Crippen LogP contribution in [0, 0.1) is 16.2 Å². The standard InChI is InChI=1S/C20H30N2/c1-17(2,3)19(18(4,5)6)14-16(12-13-20(19,21)22)15-10-8-7-9-11-15/h7-14H,21-22H2,1-6H3. The van der Waals surface area contributed by atoms with Crippen LogP contribution in [0.1, 0.15) is 47.1 Å². The van der Waals surface area contributed by atoms with Crippen LogP contribution in [0.5, 0.6) is 0 Å². The summed E-state index contributed by atoms with van der Waals surface area (Å²) in [7, 11) is 0. The van der Waals surface area contributed by atoms with E-state index < -0.39 is 5.66 Å². The van der Waals surface area contributed by atoms with Crippen molar-refractivity contribution in [3.05, 3.63) is 54.1 Å². The molecule has 0 radical (unpaired) electrons. The third kappa shape index (κ3) is 2.45. The van der Waals surface area contributed by atoms with Crippen LogP contribution in [0.15, 0.2) is 48.6 Å². The van der Waals surface area contributed by atoms with Gasteiger partial charge in [-0.1, -0.05) is 84.0 Å². The van der Waals surface area contributed by atoms with Crippen molar-refractivity contribution in [2.45, 2.75) is 47.2 Å². The summed E-state index contributed by atoms with van der Waals surface area (Å²) < 4.78 is 0. The molecule has 0 unspecified atom stereocenters. The smallest absolute Gasteiger partial charge is 0.0935 e. The summed E-state index contributed by atoms with van der Waals surface area (Å²) in [5.41, 5.74) is 14.2. The van der Waals surface area contributed by atoms with Crippen LogP contribution in [-0.2, 0) is 0 Å². The van der Waals surface area contributed by atoms with Crippen LogP contribution in [0.4, 0.5) is 0 Å². The van der Waals surface area contributed by atoms with Crippen molar-refractivity contribution in [3.63, 3.8) is 0 Å². The largest absolute Gasteiger partial charge is 0.309 e. The van der Waals surface area contributed by atoms with E-state index in [1.807, 2.05) is 12.1 Å². The van der Waals surface area contributed by atoms with Gasteiger partial charge in [-0.2, -0.15) is 0 Å². The van der Waals surface area contributed by atoms with Gasteiger partial charge in [0, 0.05) is 5.41 Å². The predicted molar refractivity (Wildman–Crippen MR) is 96.0 cm³/mol. The van der Waals surface area contributed by atoms with Gasteiger partial charge in [0.2, 0.25) is 0 Å². The molecular formula is C20H30N2. The molecule has 0 aliphatic heterocycles. The number of rotatable bonds is 1. The molecule has 1 aliphatic carbocycles. The van der Waals surface area contributed by atoms with Crippen molar-refractivity contribution in [2.75, 3.05) is 0 Å². The highest BCUT2D eigenvalue weighted by Gasteiger charge is 2.59. The van der Waals surface area contributed by atoms with Crippen molar-refractivity contribution >= 4 is 5.57 Å². The SMILES string of the molecule is CC(C)(C)C1(C(C)(C)C)C=C(c2ccccc2)C=CC1(N)N. The van der Waals surface area contributed by atoms with Gasteiger partial charge < -0.3 is 11.5 Å². The molecule has 0 aromatic heterocycles. The Hall–Kier alpha value is -1.38. The molecular weight excluding hydrogens is 268 g/mol. The van der Waals surface area contributed by atoms with Gasteiger partial charge >= 0.3 is 0 Å².